The van der Waals surface area contributed by atoms with E-state index in [-0.39, 0.29) is 23.6 Å². The third kappa shape index (κ3) is 4.09. The summed E-state index contributed by atoms with van der Waals surface area (Å²) in [7, 11) is 1.61. The molecule has 0 amide bonds. The second-order valence-corrected chi connectivity index (χ2v) is 10.1. The molecule has 0 saturated carbocycles. The van der Waals surface area contributed by atoms with Crippen molar-refractivity contribution < 1.29 is 24.5 Å². The number of anilines is 1. The van der Waals surface area contributed by atoms with E-state index in [4.69, 9.17) is 9.47 Å². The number of para-hydroxylation sites is 1. The van der Waals surface area contributed by atoms with E-state index in [2.05, 4.69) is 10.6 Å². The Morgan fingerprint density at radius 2 is 1.86 bits per heavy atom. The number of ether oxygens (including phenoxy) is 2. The van der Waals surface area contributed by atoms with Crippen LogP contribution in [-0.2, 0) is 9.53 Å². The highest BCUT2D eigenvalue weighted by Crippen LogP contribution is 2.49. The van der Waals surface area contributed by atoms with Gasteiger partial charge in [0.05, 0.1) is 12.7 Å². The Balaban J connectivity index is 1.45. The largest absolute Gasteiger partial charge is 0.508 e. The fraction of sp³-hybridized carbons (Fsp3) is 0.300. The molecular formula is C30H30N2O5. The number of methoxy groups -OCH3 is 1. The summed E-state index contributed by atoms with van der Waals surface area (Å²) >= 11 is 0. The molecule has 7 heteroatoms. The van der Waals surface area contributed by atoms with E-state index in [1.165, 1.54) is 0 Å². The van der Waals surface area contributed by atoms with E-state index >= 15 is 0 Å². The summed E-state index contributed by atoms with van der Waals surface area (Å²) < 4.78 is 11.6. The Bertz CT molecular complexity index is 1410. The minimum Gasteiger partial charge on any atom is -0.508 e. The van der Waals surface area contributed by atoms with Gasteiger partial charge in [0.25, 0.3) is 0 Å². The number of hydrogen-bond acceptors (Lipinski definition) is 7. The van der Waals surface area contributed by atoms with Crippen molar-refractivity contribution in [3.8, 4) is 28.4 Å². The average Bonchev–Trinajstić information content (AvgIpc) is 3.51. The van der Waals surface area contributed by atoms with Crippen molar-refractivity contribution in [3.05, 3.63) is 83.1 Å². The maximum atomic E-state index is 13.7. The van der Waals surface area contributed by atoms with Crippen LogP contribution in [0, 0.1) is 0 Å². The van der Waals surface area contributed by atoms with Gasteiger partial charge in [0.2, 0.25) is 0 Å². The number of phenols is 2. The van der Waals surface area contributed by atoms with Crippen molar-refractivity contribution in [3.63, 3.8) is 0 Å². The second-order valence-electron chi connectivity index (χ2n) is 10.1. The number of fused-ring (bicyclic) bond motifs is 3. The predicted molar refractivity (Wildman–Crippen MR) is 141 cm³/mol. The summed E-state index contributed by atoms with van der Waals surface area (Å²) in [5.74, 6) is -0.201. The van der Waals surface area contributed by atoms with Crippen molar-refractivity contribution >= 4 is 11.7 Å². The van der Waals surface area contributed by atoms with Gasteiger partial charge in [0.15, 0.2) is 0 Å². The van der Waals surface area contributed by atoms with Crippen molar-refractivity contribution in [2.24, 2.45) is 0 Å². The molecular weight excluding hydrogens is 468 g/mol. The predicted octanol–water partition coefficient (Wildman–Crippen LogP) is 5.04. The molecule has 0 spiro atoms. The number of rotatable bonds is 5. The van der Waals surface area contributed by atoms with Crippen LogP contribution in [-0.4, -0.2) is 41.5 Å². The molecule has 3 aliphatic rings. The number of allylic oxidation sites excluding steroid dienone is 1. The van der Waals surface area contributed by atoms with Crippen LogP contribution in [0.3, 0.4) is 0 Å². The number of hydrogen-bond donors (Lipinski definition) is 4. The molecule has 3 heterocycles. The molecule has 3 aromatic rings. The van der Waals surface area contributed by atoms with E-state index in [1.807, 2.05) is 43.3 Å². The zero-order chi connectivity index (χ0) is 25.7. The summed E-state index contributed by atoms with van der Waals surface area (Å²) in [5, 5.41) is 28.5. The first-order valence-corrected chi connectivity index (χ1v) is 12.7. The molecule has 6 rings (SSSR count). The number of nitrogens with one attached hydrogen (secondary N) is 2. The zero-order valence-electron chi connectivity index (χ0n) is 20.8. The van der Waals surface area contributed by atoms with Gasteiger partial charge in [0, 0.05) is 46.9 Å². The van der Waals surface area contributed by atoms with Crippen LogP contribution >= 0.6 is 0 Å². The molecule has 0 aromatic heterocycles. The zero-order valence-corrected chi connectivity index (χ0v) is 20.8. The molecule has 3 aromatic carbocycles. The van der Waals surface area contributed by atoms with Crippen LogP contribution in [0.5, 0.6) is 17.2 Å². The summed E-state index contributed by atoms with van der Waals surface area (Å²) in [6, 6.07) is 18.7. The van der Waals surface area contributed by atoms with Crippen molar-refractivity contribution in [2.45, 2.75) is 50.3 Å². The van der Waals surface area contributed by atoms with Crippen molar-refractivity contribution in [1.82, 2.24) is 5.32 Å². The van der Waals surface area contributed by atoms with Crippen LogP contribution in [0.25, 0.3) is 11.1 Å². The molecule has 0 unspecified atom stereocenters. The maximum absolute atomic E-state index is 13.7. The van der Waals surface area contributed by atoms with Gasteiger partial charge in [0.1, 0.15) is 23.4 Å². The van der Waals surface area contributed by atoms with Gasteiger partial charge in [-0.05, 0) is 61.2 Å². The molecule has 0 radical (unpaired) electrons. The van der Waals surface area contributed by atoms with Crippen LogP contribution in [0.1, 0.15) is 43.2 Å². The average molecular weight is 499 g/mol. The molecule has 190 valence electrons. The quantitative estimate of drug-likeness (QED) is 0.366. The van der Waals surface area contributed by atoms with E-state index in [0.29, 0.717) is 39.9 Å². The van der Waals surface area contributed by atoms with Gasteiger partial charge >= 0.3 is 5.97 Å². The molecule has 2 bridgehead atoms. The first kappa shape index (κ1) is 23.4. The normalized spacial score (nSPS) is 23.9. The van der Waals surface area contributed by atoms with E-state index in [0.717, 1.165) is 30.4 Å². The lowest BCUT2D eigenvalue weighted by Crippen LogP contribution is -2.34. The molecule has 0 aliphatic carbocycles. The highest BCUT2D eigenvalue weighted by molar-refractivity contribution is 5.96. The van der Waals surface area contributed by atoms with Gasteiger partial charge in [-0.1, -0.05) is 30.3 Å². The smallest absolute Gasteiger partial charge is 0.337 e. The topological polar surface area (TPSA) is 100 Å². The number of carbonyl (C=O) groups excluding carboxylic acids is 1. The van der Waals surface area contributed by atoms with Crippen LogP contribution in [0.15, 0.2) is 71.9 Å². The minimum absolute atomic E-state index is 0.0404. The molecule has 37 heavy (non-hydrogen) atoms. The van der Waals surface area contributed by atoms with E-state index in [1.54, 1.807) is 31.4 Å². The summed E-state index contributed by atoms with van der Waals surface area (Å²) in [6.07, 6.45) is 2.77. The second kappa shape index (κ2) is 9.16. The molecule has 2 fully saturated rings. The Morgan fingerprint density at radius 3 is 2.59 bits per heavy atom. The van der Waals surface area contributed by atoms with Gasteiger partial charge in [-0.25, -0.2) is 4.79 Å². The standard InChI is InChI=1S/C30H30N2O5/c1-16-27(30(35)37-26-15-19-10-11-22(26)32-19)28(17-6-5-7-20(33)12-17)29-23(31-16)13-18(14-24(29)34)21-8-3-4-9-25(21)36-2/h3-9,12-14,19,22,26,28,31-34H,10-11,15H2,1-2H3/t19-,22+,26+,28-/m1/s1. The van der Waals surface area contributed by atoms with Crippen LogP contribution in [0.2, 0.25) is 0 Å². The van der Waals surface area contributed by atoms with E-state index < -0.39 is 11.9 Å². The summed E-state index contributed by atoms with van der Waals surface area (Å²) in [6.45, 7) is 1.85. The lowest BCUT2D eigenvalue weighted by Gasteiger charge is -2.32. The number of benzene rings is 3. The van der Waals surface area contributed by atoms with Gasteiger partial charge in [-0.15, -0.1) is 0 Å². The Morgan fingerprint density at radius 1 is 1.03 bits per heavy atom. The first-order chi connectivity index (χ1) is 17.9. The van der Waals surface area contributed by atoms with Crippen LogP contribution in [0.4, 0.5) is 5.69 Å². The minimum atomic E-state index is -0.617. The fourth-order valence-corrected chi connectivity index (χ4v) is 6.13. The lowest BCUT2D eigenvalue weighted by molar-refractivity contribution is -0.145. The van der Waals surface area contributed by atoms with E-state index in [9.17, 15) is 15.0 Å². The Labute approximate surface area is 215 Å². The lowest BCUT2D eigenvalue weighted by atomic mass is 9.79. The fourth-order valence-electron chi connectivity index (χ4n) is 6.13. The molecule has 7 nitrogen and oxygen atoms in total. The number of carbonyl (C=O) groups is 1. The highest BCUT2D eigenvalue weighted by atomic mass is 16.5. The number of phenolic OH excluding ortho intramolecular Hbond substituents is 2. The Hall–Kier alpha value is -3.97. The SMILES string of the molecule is COc1ccccc1-c1cc(O)c2c(c1)NC(C)=C(C(=O)O[C@H]1C[C@H]3CC[C@@H]1N3)[C@H]2c1cccc(O)c1. The summed E-state index contributed by atoms with van der Waals surface area (Å²) in [4.78, 5) is 13.7. The Kier molecular flexibility index (Phi) is 5.80. The molecule has 3 aliphatic heterocycles. The third-order valence-corrected chi connectivity index (χ3v) is 7.80. The van der Waals surface area contributed by atoms with Gasteiger partial charge < -0.3 is 30.3 Å². The first-order valence-electron chi connectivity index (χ1n) is 12.7. The third-order valence-electron chi connectivity index (χ3n) is 7.80. The number of esters is 1. The van der Waals surface area contributed by atoms with Crippen molar-refractivity contribution in [2.75, 3.05) is 12.4 Å². The van der Waals surface area contributed by atoms with Gasteiger partial charge in [-0.2, -0.15) is 0 Å². The maximum Gasteiger partial charge on any atom is 0.337 e. The molecule has 4 N–H and O–H groups in total. The summed E-state index contributed by atoms with van der Waals surface area (Å²) in [5.41, 5.74) is 4.65. The number of aromatic hydroxyl groups is 2. The monoisotopic (exact) mass is 498 g/mol. The highest BCUT2D eigenvalue weighted by Gasteiger charge is 2.43. The molecule has 2 saturated heterocycles. The van der Waals surface area contributed by atoms with Crippen molar-refractivity contribution in [1.29, 1.82) is 0 Å². The molecule has 4 atom stereocenters. The van der Waals surface area contributed by atoms with Crippen LogP contribution < -0.4 is 15.4 Å². The van der Waals surface area contributed by atoms with Gasteiger partial charge in [-0.3, -0.25) is 0 Å².